The summed E-state index contributed by atoms with van der Waals surface area (Å²) in [5, 5.41) is 3.27. The van der Waals surface area contributed by atoms with E-state index in [1.807, 2.05) is 49.5 Å². The molecule has 3 aromatic rings. The molecule has 1 aliphatic rings. The molecule has 0 atom stereocenters. The van der Waals surface area contributed by atoms with Crippen molar-refractivity contribution in [2.24, 2.45) is 0 Å². The Morgan fingerprint density at radius 1 is 1.14 bits per heavy atom. The summed E-state index contributed by atoms with van der Waals surface area (Å²) in [6.07, 6.45) is 2.84. The van der Waals surface area contributed by atoms with Crippen molar-refractivity contribution in [3.05, 3.63) is 71.5 Å². The Morgan fingerprint density at radius 2 is 2.03 bits per heavy atom. The summed E-state index contributed by atoms with van der Waals surface area (Å²) in [5.74, 6) is 2.39. The van der Waals surface area contributed by atoms with Crippen LogP contribution in [0.15, 0.2) is 54.7 Å². The molecule has 1 aromatic heterocycles. The Kier molecular flexibility index (Phi) is 5.91. The van der Waals surface area contributed by atoms with Gasteiger partial charge in [-0.1, -0.05) is 24.3 Å². The summed E-state index contributed by atoms with van der Waals surface area (Å²) in [5.41, 5.74) is 4.42. The normalized spacial score (nSPS) is 13.6. The SMILES string of the molecule is CCOc1ccccc1CN1CCc2nc(Nc3cccc(OC)c3)ncc2C1. The molecule has 0 unspecified atom stereocenters. The van der Waals surface area contributed by atoms with E-state index in [9.17, 15) is 0 Å². The monoisotopic (exact) mass is 390 g/mol. The van der Waals surface area contributed by atoms with Gasteiger partial charge in [-0.15, -0.1) is 0 Å². The molecule has 0 saturated carbocycles. The fraction of sp³-hybridized carbons (Fsp3) is 0.304. The molecule has 2 aromatic carbocycles. The number of hydrogen-bond acceptors (Lipinski definition) is 6. The van der Waals surface area contributed by atoms with E-state index in [1.165, 1.54) is 11.1 Å². The minimum Gasteiger partial charge on any atom is -0.497 e. The maximum absolute atomic E-state index is 5.77. The second kappa shape index (κ2) is 8.92. The van der Waals surface area contributed by atoms with Gasteiger partial charge >= 0.3 is 0 Å². The molecule has 0 amide bonds. The highest BCUT2D eigenvalue weighted by molar-refractivity contribution is 5.56. The van der Waals surface area contributed by atoms with Crippen molar-refractivity contribution < 1.29 is 9.47 Å². The van der Waals surface area contributed by atoms with E-state index >= 15 is 0 Å². The van der Waals surface area contributed by atoms with Crippen LogP contribution in [0.5, 0.6) is 11.5 Å². The van der Waals surface area contributed by atoms with Crippen molar-refractivity contribution in [1.29, 1.82) is 0 Å². The van der Waals surface area contributed by atoms with Crippen LogP contribution >= 0.6 is 0 Å². The molecule has 0 saturated heterocycles. The third-order valence-corrected chi connectivity index (χ3v) is 5.01. The van der Waals surface area contributed by atoms with E-state index in [2.05, 4.69) is 27.3 Å². The van der Waals surface area contributed by atoms with E-state index in [0.717, 1.165) is 48.9 Å². The second-order valence-electron chi connectivity index (χ2n) is 7.02. The molecule has 150 valence electrons. The number of nitrogens with zero attached hydrogens (tertiary/aromatic N) is 3. The average molecular weight is 390 g/mol. The van der Waals surface area contributed by atoms with Gasteiger partial charge in [0.25, 0.3) is 0 Å². The third kappa shape index (κ3) is 4.66. The number of para-hydroxylation sites is 1. The van der Waals surface area contributed by atoms with Crippen LogP contribution < -0.4 is 14.8 Å². The Bertz CT molecular complexity index is 977. The summed E-state index contributed by atoms with van der Waals surface area (Å²) < 4.78 is 11.0. The van der Waals surface area contributed by atoms with E-state index < -0.39 is 0 Å². The highest BCUT2D eigenvalue weighted by atomic mass is 16.5. The van der Waals surface area contributed by atoms with Crippen LogP contribution in [-0.2, 0) is 19.5 Å². The summed E-state index contributed by atoms with van der Waals surface area (Å²) in [7, 11) is 1.66. The largest absolute Gasteiger partial charge is 0.497 e. The molecule has 2 heterocycles. The van der Waals surface area contributed by atoms with Gasteiger partial charge in [0.15, 0.2) is 0 Å². The number of methoxy groups -OCH3 is 1. The molecule has 0 aliphatic carbocycles. The smallest absolute Gasteiger partial charge is 0.227 e. The zero-order chi connectivity index (χ0) is 20.1. The van der Waals surface area contributed by atoms with Crippen molar-refractivity contribution in [3.8, 4) is 11.5 Å². The van der Waals surface area contributed by atoms with Crippen molar-refractivity contribution >= 4 is 11.6 Å². The topological polar surface area (TPSA) is 59.5 Å². The number of ether oxygens (including phenoxy) is 2. The number of benzene rings is 2. The minimum absolute atomic E-state index is 0.618. The van der Waals surface area contributed by atoms with E-state index in [-0.39, 0.29) is 0 Å². The van der Waals surface area contributed by atoms with Crippen molar-refractivity contribution in [3.63, 3.8) is 0 Å². The second-order valence-corrected chi connectivity index (χ2v) is 7.02. The number of anilines is 2. The lowest BCUT2D eigenvalue weighted by molar-refractivity contribution is 0.237. The molecule has 0 bridgehead atoms. The lowest BCUT2D eigenvalue weighted by Gasteiger charge is -2.28. The minimum atomic E-state index is 0.618. The first kappa shape index (κ1) is 19.2. The third-order valence-electron chi connectivity index (χ3n) is 5.01. The van der Waals surface area contributed by atoms with Gasteiger partial charge in [-0.3, -0.25) is 4.90 Å². The molecule has 0 radical (unpaired) electrons. The highest BCUT2D eigenvalue weighted by Gasteiger charge is 2.19. The summed E-state index contributed by atoms with van der Waals surface area (Å²) in [6.45, 7) is 5.36. The molecule has 6 heteroatoms. The Balaban J connectivity index is 1.44. The Morgan fingerprint density at radius 3 is 2.90 bits per heavy atom. The lowest BCUT2D eigenvalue weighted by atomic mass is 10.1. The Labute approximate surface area is 171 Å². The van der Waals surface area contributed by atoms with Crippen LogP contribution in [-0.4, -0.2) is 35.1 Å². The maximum Gasteiger partial charge on any atom is 0.227 e. The summed E-state index contributed by atoms with van der Waals surface area (Å²) >= 11 is 0. The number of aromatic nitrogens is 2. The van der Waals surface area contributed by atoms with Crippen molar-refractivity contribution in [2.45, 2.75) is 26.4 Å². The van der Waals surface area contributed by atoms with Crippen LogP contribution in [0.2, 0.25) is 0 Å². The van der Waals surface area contributed by atoms with E-state index in [4.69, 9.17) is 14.5 Å². The first-order chi connectivity index (χ1) is 14.2. The van der Waals surface area contributed by atoms with Crippen LogP contribution in [0.25, 0.3) is 0 Å². The van der Waals surface area contributed by atoms with Gasteiger partial charge in [0.2, 0.25) is 5.95 Å². The number of fused-ring (bicyclic) bond motifs is 1. The predicted molar refractivity (Wildman–Crippen MR) is 114 cm³/mol. The zero-order valence-corrected chi connectivity index (χ0v) is 16.9. The number of nitrogens with one attached hydrogen (secondary N) is 1. The van der Waals surface area contributed by atoms with Gasteiger partial charge in [0.05, 0.1) is 19.4 Å². The number of hydrogen-bond donors (Lipinski definition) is 1. The van der Waals surface area contributed by atoms with Gasteiger partial charge in [-0.05, 0) is 25.1 Å². The van der Waals surface area contributed by atoms with Gasteiger partial charge < -0.3 is 14.8 Å². The maximum atomic E-state index is 5.77. The summed E-state index contributed by atoms with van der Waals surface area (Å²) in [4.78, 5) is 11.7. The summed E-state index contributed by atoms with van der Waals surface area (Å²) in [6, 6.07) is 16.0. The quantitative estimate of drug-likeness (QED) is 0.653. The standard InChI is InChI=1S/C23H26N4O2/c1-3-29-22-10-5-4-7-17(22)15-27-12-11-21-18(16-27)14-24-23(26-21)25-19-8-6-9-20(13-19)28-2/h4-10,13-14H,3,11-12,15-16H2,1-2H3,(H,24,25,26). The van der Waals surface area contributed by atoms with Crippen LogP contribution in [0.3, 0.4) is 0 Å². The molecular weight excluding hydrogens is 364 g/mol. The van der Waals surface area contributed by atoms with Crippen molar-refractivity contribution in [2.75, 3.05) is 25.6 Å². The van der Waals surface area contributed by atoms with Crippen LogP contribution in [0.4, 0.5) is 11.6 Å². The molecule has 1 aliphatic heterocycles. The highest BCUT2D eigenvalue weighted by Crippen LogP contribution is 2.25. The Hall–Kier alpha value is -3.12. The van der Waals surface area contributed by atoms with Crippen molar-refractivity contribution in [1.82, 2.24) is 14.9 Å². The first-order valence-electron chi connectivity index (χ1n) is 9.94. The van der Waals surface area contributed by atoms with Crippen LogP contribution in [0, 0.1) is 0 Å². The molecular formula is C23H26N4O2. The van der Waals surface area contributed by atoms with E-state index in [0.29, 0.717) is 12.6 Å². The van der Waals surface area contributed by atoms with Gasteiger partial charge in [-0.2, -0.15) is 0 Å². The molecule has 4 rings (SSSR count). The van der Waals surface area contributed by atoms with E-state index in [1.54, 1.807) is 7.11 Å². The molecule has 1 N–H and O–H groups in total. The molecule has 6 nitrogen and oxygen atoms in total. The lowest BCUT2D eigenvalue weighted by Crippen LogP contribution is -2.31. The predicted octanol–water partition coefficient (Wildman–Crippen LogP) is 4.19. The molecule has 29 heavy (non-hydrogen) atoms. The fourth-order valence-electron chi connectivity index (χ4n) is 3.57. The van der Waals surface area contributed by atoms with Gasteiger partial charge in [0, 0.05) is 55.1 Å². The van der Waals surface area contributed by atoms with Crippen LogP contribution in [0.1, 0.15) is 23.7 Å². The molecule has 0 fully saturated rings. The first-order valence-corrected chi connectivity index (χ1v) is 9.94. The molecule has 0 spiro atoms. The number of rotatable bonds is 7. The average Bonchev–Trinajstić information content (AvgIpc) is 2.75. The zero-order valence-electron chi connectivity index (χ0n) is 16.9. The fourth-order valence-corrected chi connectivity index (χ4v) is 3.57. The van der Waals surface area contributed by atoms with Gasteiger partial charge in [0.1, 0.15) is 11.5 Å². The van der Waals surface area contributed by atoms with Gasteiger partial charge in [-0.25, -0.2) is 9.97 Å².